The molecule has 0 fully saturated rings. The maximum absolute atomic E-state index is 11.3. The van der Waals surface area contributed by atoms with Crippen molar-refractivity contribution in [2.24, 2.45) is 0 Å². The molecule has 1 rings (SSSR count). The Bertz CT molecular complexity index is 398. The van der Waals surface area contributed by atoms with Gasteiger partial charge in [0.25, 0.3) is 5.91 Å². The van der Waals surface area contributed by atoms with Crippen molar-refractivity contribution < 1.29 is 9.90 Å². The minimum atomic E-state index is -0.380. The molecular formula is C9H7BrN2O2. The second-order valence-electron chi connectivity index (χ2n) is 2.51. The average molecular weight is 255 g/mol. The molecule has 0 saturated carbocycles. The molecule has 0 heterocycles. The van der Waals surface area contributed by atoms with Crippen LogP contribution in [0.25, 0.3) is 0 Å². The Kier molecular flexibility index (Phi) is 3.48. The number of nitriles is 1. The minimum absolute atomic E-state index is 0.00499. The maximum atomic E-state index is 11.3. The standard InChI is InChI=1S/C9H7BrN2O2/c10-7-2-1-6(5-8(7)13)9(14)12-4-3-11/h1-2,5,13H,4H2,(H,12,14). The molecule has 14 heavy (non-hydrogen) atoms. The van der Waals surface area contributed by atoms with Gasteiger partial charge >= 0.3 is 0 Å². The van der Waals surface area contributed by atoms with Gasteiger partial charge in [-0.25, -0.2) is 0 Å². The molecule has 0 radical (unpaired) electrons. The molecule has 1 amide bonds. The summed E-state index contributed by atoms with van der Waals surface area (Å²) in [5, 5.41) is 19.9. The fraction of sp³-hybridized carbons (Fsp3) is 0.111. The van der Waals surface area contributed by atoms with E-state index >= 15 is 0 Å². The smallest absolute Gasteiger partial charge is 0.252 e. The van der Waals surface area contributed by atoms with E-state index in [1.54, 1.807) is 18.2 Å². The summed E-state index contributed by atoms with van der Waals surface area (Å²) in [5.74, 6) is -0.385. The Hall–Kier alpha value is -1.54. The minimum Gasteiger partial charge on any atom is -0.507 e. The summed E-state index contributed by atoms with van der Waals surface area (Å²) in [4.78, 5) is 11.3. The number of rotatable bonds is 2. The molecule has 1 aromatic rings. The monoisotopic (exact) mass is 254 g/mol. The van der Waals surface area contributed by atoms with Crippen molar-refractivity contribution in [2.45, 2.75) is 0 Å². The highest BCUT2D eigenvalue weighted by Gasteiger charge is 2.06. The first-order valence-corrected chi connectivity index (χ1v) is 4.58. The second-order valence-corrected chi connectivity index (χ2v) is 3.36. The van der Waals surface area contributed by atoms with Crippen molar-refractivity contribution in [2.75, 3.05) is 6.54 Å². The molecule has 0 aromatic heterocycles. The van der Waals surface area contributed by atoms with Gasteiger partial charge in [-0.1, -0.05) is 0 Å². The lowest BCUT2D eigenvalue weighted by molar-refractivity contribution is 0.0958. The second kappa shape index (κ2) is 4.63. The molecule has 0 atom stereocenters. The number of nitrogens with zero attached hydrogens (tertiary/aromatic N) is 1. The average Bonchev–Trinajstić information content (AvgIpc) is 2.18. The molecule has 4 nitrogen and oxygen atoms in total. The van der Waals surface area contributed by atoms with Crippen LogP contribution in [-0.2, 0) is 0 Å². The number of carbonyl (C=O) groups excluding carboxylic acids is 1. The number of benzene rings is 1. The quantitative estimate of drug-likeness (QED) is 0.784. The van der Waals surface area contributed by atoms with Crippen molar-refractivity contribution in [3.63, 3.8) is 0 Å². The van der Waals surface area contributed by atoms with E-state index < -0.39 is 0 Å². The fourth-order valence-corrected chi connectivity index (χ4v) is 1.12. The van der Waals surface area contributed by atoms with Crippen molar-refractivity contribution in [1.82, 2.24) is 5.32 Å². The summed E-state index contributed by atoms with van der Waals surface area (Å²) in [5.41, 5.74) is 0.320. The zero-order chi connectivity index (χ0) is 10.6. The molecular weight excluding hydrogens is 248 g/mol. The zero-order valence-corrected chi connectivity index (χ0v) is 8.71. The molecule has 0 aliphatic carbocycles. The maximum Gasteiger partial charge on any atom is 0.252 e. The largest absolute Gasteiger partial charge is 0.507 e. The zero-order valence-electron chi connectivity index (χ0n) is 7.12. The number of hydrogen-bond acceptors (Lipinski definition) is 3. The van der Waals surface area contributed by atoms with Crippen LogP contribution in [0.2, 0.25) is 0 Å². The summed E-state index contributed by atoms with van der Waals surface area (Å²) < 4.78 is 0.523. The van der Waals surface area contributed by atoms with Crippen LogP contribution < -0.4 is 5.32 Å². The van der Waals surface area contributed by atoms with Crippen LogP contribution in [0.5, 0.6) is 5.75 Å². The number of carbonyl (C=O) groups is 1. The van der Waals surface area contributed by atoms with E-state index in [0.29, 0.717) is 10.0 Å². The third-order valence-electron chi connectivity index (χ3n) is 1.54. The van der Waals surface area contributed by atoms with E-state index in [1.807, 2.05) is 0 Å². The topological polar surface area (TPSA) is 73.1 Å². The van der Waals surface area contributed by atoms with Crippen molar-refractivity contribution in [1.29, 1.82) is 5.26 Å². The predicted octanol–water partition coefficient (Wildman–Crippen LogP) is 1.41. The highest BCUT2D eigenvalue weighted by atomic mass is 79.9. The van der Waals surface area contributed by atoms with Crippen LogP contribution in [0.4, 0.5) is 0 Å². The first-order valence-electron chi connectivity index (χ1n) is 3.79. The van der Waals surface area contributed by atoms with Gasteiger partial charge in [0.15, 0.2) is 0 Å². The van der Waals surface area contributed by atoms with E-state index in [2.05, 4.69) is 21.2 Å². The van der Waals surface area contributed by atoms with Gasteiger partial charge in [0.1, 0.15) is 12.3 Å². The van der Waals surface area contributed by atoms with Crippen LogP contribution in [0.15, 0.2) is 22.7 Å². The van der Waals surface area contributed by atoms with Crippen LogP contribution in [0.3, 0.4) is 0 Å². The van der Waals surface area contributed by atoms with Gasteiger partial charge in [0, 0.05) is 5.56 Å². The molecule has 1 aromatic carbocycles. The molecule has 72 valence electrons. The molecule has 2 N–H and O–H groups in total. The van der Waals surface area contributed by atoms with E-state index in [0.717, 1.165) is 0 Å². The Labute approximate surface area is 89.3 Å². The molecule has 0 unspecified atom stereocenters. The number of amides is 1. The highest BCUT2D eigenvalue weighted by Crippen LogP contribution is 2.24. The van der Waals surface area contributed by atoms with E-state index in [9.17, 15) is 9.90 Å². The lowest BCUT2D eigenvalue weighted by atomic mass is 10.2. The number of phenols is 1. The summed E-state index contributed by atoms with van der Waals surface area (Å²) in [6.45, 7) is -0.0460. The van der Waals surface area contributed by atoms with Gasteiger partial charge in [0.2, 0.25) is 0 Å². The number of nitrogens with one attached hydrogen (secondary N) is 1. The predicted molar refractivity (Wildman–Crippen MR) is 53.8 cm³/mol. The third-order valence-corrected chi connectivity index (χ3v) is 2.21. The number of hydrogen-bond donors (Lipinski definition) is 2. The van der Waals surface area contributed by atoms with E-state index in [4.69, 9.17) is 5.26 Å². The summed E-state index contributed by atoms with van der Waals surface area (Å²) in [6.07, 6.45) is 0. The first-order chi connectivity index (χ1) is 6.65. The van der Waals surface area contributed by atoms with Crippen LogP contribution in [-0.4, -0.2) is 17.6 Å². The van der Waals surface area contributed by atoms with Gasteiger partial charge in [0.05, 0.1) is 10.5 Å². The lowest BCUT2D eigenvalue weighted by Crippen LogP contribution is -2.23. The van der Waals surface area contributed by atoms with Crippen LogP contribution in [0.1, 0.15) is 10.4 Å². The summed E-state index contributed by atoms with van der Waals surface area (Å²) in [6, 6.07) is 6.24. The van der Waals surface area contributed by atoms with Crippen LogP contribution >= 0.6 is 15.9 Å². The molecule has 0 aliphatic heterocycles. The highest BCUT2D eigenvalue weighted by molar-refractivity contribution is 9.10. The Morgan fingerprint density at radius 2 is 2.36 bits per heavy atom. The lowest BCUT2D eigenvalue weighted by Gasteiger charge is -2.02. The van der Waals surface area contributed by atoms with Gasteiger partial charge in [-0.05, 0) is 34.1 Å². The Balaban J connectivity index is 2.82. The summed E-state index contributed by atoms with van der Waals surface area (Å²) >= 11 is 3.10. The van der Waals surface area contributed by atoms with Gasteiger partial charge < -0.3 is 10.4 Å². The fourth-order valence-electron chi connectivity index (χ4n) is 0.876. The molecule has 0 bridgehead atoms. The number of phenolic OH excluding ortho intramolecular Hbond substituents is 1. The van der Waals surface area contributed by atoms with Gasteiger partial charge in [-0.3, -0.25) is 4.79 Å². The molecule has 0 spiro atoms. The van der Waals surface area contributed by atoms with Gasteiger partial charge in [-0.2, -0.15) is 5.26 Å². The molecule has 0 saturated heterocycles. The SMILES string of the molecule is N#CCNC(=O)c1ccc(Br)c(O)c1. The van der Waals surface area contributed by atoms with Crippen molar-refractivity contribution in [3.05, 3.63) is 28.2 Å². The number of aromatic hydroxyl groups is 1. The third kappa shape index (κ3) is 2.47. The number of halogens is 1. The first kappa shape index (κ1) is 10.5. The van der Waals surface area contributed by atoms with Crippen molar-refractivity contribution >= 4 is 21.8 Å². The van der Waals surface area contributed by atoms with E-state index in [-0.39, 0.29) is 18.2 Å². The molecule has 0 aliphatic rings. The normalized spacial score (nSPS) is 9.14. The molecule has 5 heteroatoms. The van der Waals surface area contributed by atoms with E-state index in [1.165, 1.54) is 6.07 Å². The van der Waals surface area contributed by atoms with Crippen LogP contribution in [0, 0.1) is 11.3 Å². The van der Waals surface area contributed by atoms with Gasteiger partial charge in [-0.15, -0.1) is 0 Å². The summed E-state index contributed by atoms with van der Waals surface area (Å²) in [7, 11) is 0. The Morgan fingerprint density at radius 3 is 2.93 bits per heavy atom. The van der Waals surface area contributed by atoms with Crippen molar-refractivity contribution in [3.8, 4) is 11.8 Å². The Morgan fingerprint density at radius 1 is 1.64 bits per heavy atom.